The van der Waals surface area contributed by atoms with E-state index in [-0.39, 0.29) is 24.3 Å². The molecule has 1 aromatic heterocycles. The molecule has 1 heterocycles. The van der Waals surface area contributed by atoms with Gasteiger partial charge in [0.15, 0.2) is 5.76 Å². The second-order valence-electron chi connectivity index (χ2n) is 7.40. The van der Waals surface area contributed by atoms with Gasteiger partial charge in [0, 0.05) is 11.1 Å². The van der Waals surface area contributed by atoms with Gasteiger partial charge in [0.2, 0.25) is 0 Å². The number of rotatable bonds is 10. The van der Waals surface area contributed by atoms with Crippen molar-refractivity contribution < 1.29 is 18.7 Å². The predicted octanol–water partition coefficient (Wildman–Crippen LogP) is 4.94. The summed E-state index contributed by atoms with van der Waals surface area (Å²) in [5.74, 6) is 1.90. The zero-order chi connectivity index (χ0) is 22.2. The molecule has 0 bridgehead atoms. The third-order valence-electron chi connectivity index (χ3n) is 4.75. The maximum atomic E-state index is 12.8. The van der Waals surface area contributed by atoms with Crippen molar-refractivity contribution in [1.29, 1.82) is 0 Å². The van der Waals surface area contributed by atoms with Crippen LogP contribution in [0.25, 0.3) is 0 Å². The van der Waals surface area contributed by atoms with Crippen LogP contribution in [0.5, 0.6) is 11.5 Å². The number of carbonyl (C=O) groups excluding carboxylic acids is 1. The number of halogens is 1. The summed E-state index contributed by atoms with van der Waals surface area (Å²) in [6.07, 6.45) is 0.757. The number of nitrogens with zero attached hydrogens (tertiary/aromatic N) is 1. The Balaban J connectivity index is 1.63. The molecule has 0 radical (unpaired) electrons. The van der Waals surface area contributed by atoms with Gasteiger partial charge in [-0.25, -0.2) is 0 Å². The van der Waals surface area contributed by atoms with E-state index in [1.165, 1.54) is 0 Å². The number of benzene rings is 2. The summed E-state index contributed by atoms with van der Waals surface area (Å²) in [5.41, 5.74) is 0.993. The van der Waals surface area contributed by atoms with Crippen LogP contribution in [0.2, 0.25) is 5.02 Å². The van der Waals surface area contributed by atoms with E-state index in [0.29, 0.717) is 22.3 Å². The minimum atomic E-state index is -0.272. The first-order chi connectivity index (χ1) is 14.9. The van der Waals surface area contributed by atoms with Crippen molar-refractivity contribution in [2.75, 3.05) is 27.7 Å². The highest BCUT2D eigenvalue weighted by Gasteiger charge is 2.19. The summed E-state index contributed by atoms with van der Waals surface area (Å²) >= 11 is 6.01. The Hall–Kier alpha value is -2.96. The van der Waals surface area contributed by atoms with Crippen LogP contribution >= 0.6 is 11.6 Å². The van der Waals surface area contributed by atoms with Crippen molar-refractivity contribution >= 4 is 17.5 Å². The molecule has 7 heteroatoms. The molecular formula is C24H27ClN2O4. The highest BCUT2D eigenvalue weighted by atomic mass is 35.5. The first-order valence-corrected chi connectivity index (χ1v) is 10.4. The molecule has 0 aliphatic carbocycles. The average Bonchev–Trinajstić information content (AvgIpc) is 3.25. The van der Waals surface area contributed by atoms with E-state index in [4.69, 9.17) is 25.5 Å². The van der Waals surface area contributed by atoms with E-state index >= 15 is 0 Å². The van der Waals surface area contributed by atoms with Crippen molar-refractivity contribution in [3.8, 4) is 11.5 Å². The molecule has 1 unspecified atom stereocenters. The van der Waals surface area contributed by atoms with Crippen LogP contribution in [-0.4, -0.2) is 38.6 Å². The zero-order valence-electron chi connectivity index (χ0n) is 17.9. The molecule has 164 valence electrons. The largest absolute Gasteiger partial charge is 0.497 e. The van der Waals surface area contributed by atoms with Gasteiger partial charge in [0.1, 0.15) is 23.9 Å². The molecule has 0 saturated carbocycles. The van der Waals surface area contributed by atoms with Gasteiger partial charge >= 0.3 is 0 Å². The van der Waals surface area contributed by atoms with Crippen LogP contribution in [-0.2, 0) is 6.61 Å². The number of carbonyl (C=O) groups is 1. The van der Waals surface area contributed by atoms with E-state index in [0.717, 1.165) is 18.5 Å². The Labute approximate surface area is 187 Å². The number of hydrogen-bond acceptors (Lipinski definition) is 5. The van der Waals surface area contributed by atoms with Crippen molar-refractivity contribution in [3.63, 3.8) is 0 Å². The topological polar surface area (TPSA) is 63.9 Å². The second-order valence-corrected chi connectivity index (χ2v) is 7.84. The highest BCUT2D eigenvalue weighted by molar-refractivity contribution is 6.30. The van der Waals surface area contributed by atoms with Crippen LogP contribution in [0.3, 0.4) is 0 Å². The Kier molecular flexibility index (Phi) is 7.98. The SMILES string of the molecule is COc1cccc(OCc2ccc(C(=O)NC(CCN(C)C)c3ccc(Cl)cc3)o2)c1. The maximum Gasteiger partial charge on any atom is 0.287 e. The fourth-order valence-corrected chi connectivity index (χ4v) is 3.18. The van der Waals surface area contributed by atoms with Crippen molar-refractivity contribution in [3.05, 3.63) is 82.8 Å². The zero-order valence-corrected chi connectivity index (χ0v) is 18.7. The third kappa shape index (κ3) is 6.77. The minimum absolute atomic E-state index is 0.159. The number of ether oxygens (including phenoxy) is 2. The number of hydrogen-bond donors (Lipinski definition) is 1. The van der Waals surface area contributed by atoms with Crippen molar-refractivity contribution in [2.45, 2.75) is 19.1 Å². The van der Waals surface area contributed by atoms with Crippen LogP contribution in [0.1, 0.15) is 34.3 Å². The fourth-order valence-electron chi connectivity index (χ4n) is 3.06. The molecule has 0 fully saturated rings. The Morgan fingerprint density at radius 1 is 1.10 bits per heavy atom. The number of furan rings is 1. The van der Waals surface area contributed by atoms with Crippen LogP contribution < -0.4 is 14.8 Å². The van der Waals surface area contributed by atoms with Gasteiger partial charge in [0.05, 0.1) is 13.2 Å². The quantitative estimate of drug-likeness (QED) is 0.481. The van der Waals surface area contributed by atoms with Gasteiger partial charge in [-0.2, -0.15) is 0 Å². The van der Waals surface area contributed by atoms with Crippen LogP contribution in [0, 0.1) is 0 Å². The molecule has 3 rings (SSSR count). The van der Waals surface area contributed by atoms with Gasteiger partial charge in [-0.15, -0.1) is 0 Å². The Morgan fingerprint density at radius 2 is 1.84 bits per heavy atom. The summed E-state index contributed by atoms with van der Waals surface area (Å²) in [4.78, 5) is 14.9. The first-order valence-electron chi connectivity index (χ1n) is 10.0. The standard InChI is InChI=1S/C24H27ClN2O4/c1-27(2)14-13-22(17-7-9-18(25)10-8-17)26-24(28)23-12-11-21(31-23)16-30-20-6-4-5-19(15-20)29-3/h4-12,15,22H,13-14,16H2,1-3H3,(H,26,28). The lowest BCUT2D eigenvalue weighted by Crippen LogP contribution is -2.30. The monoisotopic (exact) mass is 442 g/mol. The molecule has 31 heavy (non-hydrogen) atoms. The van der Waals surface area contributed by atoms with Crippen LogP contribution in [0.4, 0.5) is 0 Å². The maximum absolute atomic E-state index is 12.8. The first kappa shape index (κ1) is 22.7. The van der Waals surface area contributed by atoms with Gasteiger partial charge in [-0.1, -0.05) is 29.8 Å². The number of methoxy groups -OCH3 is 1. The molecule has 0 aliphatic heterocycles. The summed E-state index contributed by atoms with van der Waals surface area (Å²) < 4.78 is 16.6. The smallest absolute Gasteiger partial charge is 0.287 e. The van der Waals surface area contributed by atoms with Crippen molar-refractivity contribution in [1.82, 2.24) is 10.2 Å². The lowest BCUT2D eigenvalue weighted by atomic mass is 10.0. The predicted molar refractivity (Wildman–Crippen MR) is 121 cm³/mol. The van der Waals surface area contributed by atoms with E-state index in [2.05, 4.69) is 10.2 Å². The molecule has 1 atom stereocenters. The highest BCUT2D eigenvalue weighted by Crippen LogP contribution is 2.22. The van der Waals surface area contributed by atoms with E-state index in [1.807, 2.05) is 56.6 Å². The molecule has 0 spiro atoms. The van der Waals surface area contributed by atoms with Gasteiger partial charge < -0.3 is 24.1 Å². The minimum Gasteiger partial charge on any atom is -0.497 e. The van der Waals surface area contributed by atoms with Crippen LogP contribution in [0.15, 0.2) is 65.1 Å². The van der Waals surface area contributed by atoms with Gasteiger partial charge in [0.25, 0.3) is 5.91 Å². The summed E-state index contributed by atoms with van der Waals surface area (Å²) in [6.45, 7) is 1.03. The van der Waals surface area contributed by atoms with Crippen molar-refractivity contribution in [2.24, 2.45) is 0 Å². The van der Waals surface area contributed by atoms with E-state index < -0.39 is 0 Å². The summed E-state index contributed by atoms with van der Waals surface area (Å²) in [5, 5.41) is 3.73. The normalized spacial score (nSPS) is 11.9. The number of nitrogens with one attached hydrogen (secondary N) is 1. The summed E-state index contributed by atoms with van der Waals surface area (Å²) in [6, 6.07) is 18.1. The molecule has 2 aromatic carbocycles. The molecule has 6 nitrogen and oxygen atoms in total. The van der Waals surface area contributed by atoms with Gasteiger partial charge in [-0.3, -0.25) is 4.79 Å². The second kappa shape index (κ2) is 10.9. The molecule has 1 amide bonds. The Bertz CT molecular complexity index is 985. The molecule has 1 N–H and O–H groups in total. The lowest BCUT2D eigenvalue weighted by molar-refractivity contribution is 0.0900. The summed E-state index contributed by atoms with van der Waals surface area (Å²) in [7, 11) is 5.61. The van der Waals surface area contributed by atoms with Gasteiger partial charge in [-0.05, 0) is 69.0 Å². The average molecular weight is 443 g/mol. The Morgan fingerprint density at radius 3 is 2.55 bits per heavy atom. The molecule has 3 aromatic rings. The van der Waals surface area contributed by atoms with E-state index in [1.54, 1.807) is 25.3 Å². The molecule has 0 saturated heterocycles. The van der Waals surface area contributed by atoms with E-state index in [9.17, 15) is 4.79 Å². The molecular weight excluding hydrogens is 416 g/mol. The number of amides is 1. The third-order valence-corrected chi connectivity index (χ3v) is 5.00. The molecule has 0 aliphatic rings. The lowest BCUT2D eigenvalue weighted by Gasteiger charge is -2.21. The fraction of sp³-hybridized carbons (Fsp3) is 0.292.